The van der Waals surface area contributed by atoms with E-state index in [2.05, 4.69) is 25.2 Å². The second kappa shape index (κ2) is 16.2. The van der Waals surface area contributed by atoms with Crippen LogP contribution in [0.15, 0.2) is 30.5 Å². The van der Waals surface area contributed by atoms with Crippen LogP contribution in [-0.2, 0) is 29.1 Å². The van der Waals surface area contributed by atoms with Gasteiger partial charge in [-0.25, -0.2) is 22.6 Å². The van der Waals surface area contributed by atoms with Gasteiger partial charge in [-0.3, -0.25) is 19.1 Å². The predicted molar refractivity (Wildman–Crippen MR) is 210 cm³/mol. The summed E-state index contributed by atoms with van der Waals surface area (Å²) in [4.78, 5) is 63.3. The molecular weight excluding hydrogens is 776 g/mol. The molecule has 4 amide bonds. The minimum absolute atomic E-state index is 0.0233. The number of ether oxygens (including phenoxy) is 3. The third kappa shape index (κ3) is 8.13. The lowest BCUT2D eigenvalue weighted by molar-refractivity contribution is -0.142. The number of amides is 4. The van der Waals surface area contributed by atoms with E-state index < -0.39 is 80.0 Å². The number of pyridine rings is 1. The number of sulfonamides is 1. The number of aromatic nitrogens is 1. The van der Waals surface area contributed by atoms with Crippen LogP contribution in [0.5, 0.6) is 11.6 Å². The number of morpholine rings is 1. The number of allylic oxidation sites excluding steroid dienone is 1. The maximum Gasteiger partial charge on any atom is 0.405 e. The van der Waals surface area contributed by atoms with Crippen LogP contribution in [0, 0.1) is 23.6 Å². The number of hydrogen-bond acceptors (Lipinski definition) is 11. The van der Waals surface area contributed by atoms with Gasteiger partial charge in [0.2, 0.25) is 27.7 Å². The molecule has 7 atom stereocenters. The summed E-state index contributed by atoms with van der Waals surface area (Å²) in [6.07, 6.45) is 6.29. The molecule has 0 radical (unpaired) electrons. The Balaban J connectivity index is 1.24. The average molecular weight is 829 g/mol. The Hall–Kier alpha value is -4.71. The first-order chi connectivity index (χ1) is 27.6. The number of carbonyl (C=O) groups excluding carboxylic acids is 3. The molecule has 4 fully saturated rings. The van der Waals surface area contributed by atoms with Crippen LogP contribution in [0.1, 0.15) is 72.1 Å². The molecule has 58 heavy (non-hydrogen) atoms. The molecule has 5 aliphatic rings. The van der Waals surface area contributed by atoms with Crippen molar-refractivity contribution < 1.29 is 51.3 Å². The van der Waals surface area contributed by atoms with E-state index in [-0.39, 0.29) is 36.9 Å². The Morgan fingerprint density at radius 2 is 1.90 bits per heavy atom. The lowest BCUT2D eigenvalue weighted by Crippen LogP contribution is -2.59. The standard InChI is InChI=1S/C40H53FN6O10S/c1-5-24-16-23(2)8-6-7-9-25-20-40(25,37(50)45-58(53,54)39(3)10-11-39)44-34(48)30-17-26(22-47(30)36(49)33(24)43-38(51)52)57-35-28-18-29(41)32(55-4)19-27(28)31(21-42-35)46-12-14-56-15-13-46/h7,9,18-19,21,23-26,30,33,43H,5-6,8,10-17,20,22H2,1-4H3,(H,44,48)(H,45,50)(H,51,52)/t23-,24+,25+,26+,30-,33-,40+/m0/s1. The van der Waals surface area contributed by atoms with Gasteiger partial charge >= 0.3 is 6.09 Å². The van der Waals surface area contributed by atoms with Crippen LogP contribution in [0.3, 0.4) is 0 Å². The fourth-order valence-electron chi connectivity index (χ4n) is 8.61. The maximum absolute atomic E-state index is 15.3. The molecule has 316 valence electrons. The topological polar surface area (TPSA) is 206 Å². The smallest absolute Gasteiger partial charge is 0.405 e. The number of nitrogens with one attached hydrogen (secondary N) is 3. The molecule has 7 rings (SSSR count). The molecule has 2 saturated heterocycles. The molecule has 0 spiro atoms. The van der Waals surface area contributed by atoms with E-state index >= 15 is 4.39 Å². The van der Waals surface area contributed by atoms with Gasteiger partial charge < -0.3 is 39.8 Å². The highest BCUT2D eigenvalue weighted by atomic mass is 32.2. The summed E-state index contributed by atoms with van der Waals surface area (Å²) in [6.45, 7) is 7.47. The number of fused-ring (bicyclic) bond motifs is 3. The highest BCUT2D eigenvalue weighted by molar-refractivity contribution is 7.91. The molecule has 2 aliphatic carbocycles. The number of carbonyl (C=O) groups is 4. The highest BCUT2D eigenvalue weighted by Crippen LogP contribution is 2.48. The van der Waals surface area contributed by atoms with Crippen LogP contribution in [-0.4, -0.2) is 116 Å². The number of anilines is 1. The van der Waals surface area contributed by atoms with E-state index in [9.17, 15) is 32.7 Å². The predicted octanol–water partition coefficient (Wildman–Crippen LogP) is 3.48. The zero-order chi connectivity index (χ0) is 41.6. The molecule has 3 aliphatic heterocycles. The van der Waals surface area contributed by atoms with Crippen molar-refractivity contribution in [2.45, 2.75) is 101 Å². The van der Waals surface area contributed by atoms with Gasteiger partial charge in [-0.2, -0.15) is 0 Å². The van der Waals surface area contributed by atoms with Crippen LogP contribution in [0.25, 0.3) is 10.8 Å². The molecule has 1 aromatic carbocycles. The van der Waals surface area contributed by atoms with E-state index in [0.29, 0.717) is 81.3 Å². The molecule has 16 nitrogen and oxygen atoms in total. The van der Waals surface area contributed by atoms with Gasteiger partial charge in [0.05, 0.1) is 43.5 Å². The highest BCUT2D eigenvalue weighted by Gasteiger charge is 2.63. The second-order valence-corrected chi connectivity index (χ2v) is 18.9. The van der Waals surface area contributed by atoms with E-state index in [0.717, 1.165) is 0 Å². The third-order valence-electron chi connectivity index (χ3n) is 12.6. The van der Waals surface area contributed by atoms with Crippen molar-refractivity contribution >= 4 is 50.3 Å². The van der Waals surface area contributed by atoms with Gasteiger partial charge in [-0.05, 0) is 69.4 Å². The van der Waals surface area contributed by atoms with Gasteiger partial charge in [-0.1, -0.05) is 32.4 Å². The lowest BCUT2D eigenvalue weighted by Gasteiger charge is -2.33. The summed E-state index contributed by atoms with van der Waals surface area (Å²) in [5.41, 5.74) is -0.881. The molecule has 4 N–H and O–H groups in total. The van der Waals surface area contributed by atoms with Crippen molar-refractivity contribution in [3.05, 3.63) is 36.3 Å². The summed E-state index contributed by atoms with van der Waals surface area (Å²) in [6, 6.07) is 0.385. The van der Waals surface area contributed by atoms with Crippen molar-refractivity contribution in [1.82, 2.24) is 25.2 Å². The number of carboxylic acid groups (broad SMARTS) is 1. The fraction of sp³-hybridized carbons (Fsp3) is 0.625. The Morgan fingerprint density at radius 3 is 2.57 bits per heavy atom. The van der Waals surface area contributed by atoms with Crippen molar-refractivity contribution in [1.29, 1.82) is 0 Å². The number of hydrogen-bond donors (Lipinski definition) is 4. The normalized spacial score (nSPS) is 29.9. The van der Waals surface area contributed by atoms with Crippen molar-refractivity contribution in [3.8, 4) is 11.6 Å². The van der Waals surface area contributed by atoms with E-state index in [1.165, 1.54) is 18.1 Å². The molecule has 1 aromatic heterocycles. The number of halogens is 1. The van der Waals surface area contributed by atoms with Crippen molar-refractivity contribution in [3.63, 3.8) is 0 Å². The molecule has 0 bridgehead atoms. The molecule has 2 aromatic rings. The zero-order valence-electron chi connectivity index (χ0n) is 33.3. The maximum atomic E-state index is 15.3. The average Bonchev–Trinajstić information content (AvgIpc) is 4.07. The Labute approximate surface area is 337 Å². The monoisotopic (exact) mass is 828 g/mol. The first-order valence-corrected chi connectivity index (χ1v) is 21.6. The summed E-state index contributed by atoms with van der Waals surface area (Å²) >= 11 is 0. The summed E-state index contributed by atoms with van der Waals surface area (Å²) < 4.78 is 60.2. The van der Waals surface area contributed by atoms with E-state index in [1.807, 2.05) is 26.0 Å². The Kier molecular flexibility index (Phi) is 11.5. The second-order valence-electron chi connectivity index (χ2n) is 16.7. The van der Waals surface area contributed by atoms with Gasteiger partial charge in [0.15, 0.2) is 11.6 Å². The minimum atomic E-state index is -4.04. The number of benzene rings is 1. The Bertz CT molecular complexity index is 2090. The van der Waals surface area contributed by atoms with Crippen LogP contribution in [0.2, 0.25) is 0 Å². The van der Waals surface area contributed by atoms with E-state index in [4.69, 9.17) is 14.2 Å². The fourth-order valence-corrected chi connectivity index (χ4v) is 9.93. The third-order valence-corrected chi connectivity index (χ3v) is 14.8. The largest absolute Gasteiger partial charge is 0.494 e. The molecular formula is C40H53FN6O10S. The van der Waals surface area contributed by atoms with Crippen molar-refractivity contribution in [2.75, 3.05) is 44.9 Å². The number of rotatable bonds is 9. The van der Waals surface area contributed by atoms with Gasteiger partial charge in [-0.15, -0.1) is 0 Å². The van der Waals surface area contributed by atoms with E-state index in [1.54, 1.807) is 19.2 Å². The lowest BCUT2D eigenvalue weighted by atomic mass is 9.85. The minimum Gasteiger partial charge on any atom is -0.494 e. The van der Waals surface area contributed by atoms with Crippen molar-refractivity contribution in [2.24, 2.45) is 17.8 Å². The molecule has 2 saturated carbocycles. The zero-order valence-corrected chi connectivity index (χ0v) is 34.1. The molecule has 18 heteroatoms. The van der Waals surface area contributed by atoms with Gasteiger partial charge in [0.1, 0.15) is 23.7 Å². The quantitative estimate of drug-likeness (QED) is 0.268. The number of methoxy groups -OCH3 is 1. The molecule has 4 heterocycles. The van der Waals surface area contributed by atoms with Gasteiger partial charge in [0.25, 0.3) is 5.91 Å². The van der Waals surface area contributed by atoms with Crippen LogP contribution < -0.4 is 29.7 Å². The van der Waals surface area contributed by atoms with Gasteiger partial charge in [0, 0.05) is 36.2 Å². The van der Waals surface area contributed by atoms with Crippen LogP contribution in [0.4, 0.5) is 14.9 Å². The summed E-state index contributed by atoms with van der Waals surface area (Å²) in [7, 11) is -2.67. The SMILES string of the molecule is CC[C@@H]1C[C@@H](C)CCC=C[C@@H]2C[C@@]2(C(=O)NS(=O)(=O)C2(C)CC2)NC(=O)[C@@H]2C[C@@H](Oc3ncc(N4CCOCC4)c4cc(OC)c(F)cc34)CN2C(=O)[C@H]1NC(=O)O. The first kappa shape index (κ1) is 41.4. The molecule has 0 unspecified atom stereocenters. The number of nitrogens with zero attached hydrogens (tertiary/aromatic N) is 3. The summed E-state index contributed by atoms with van der Waals surface area (Å²) in [5.74, 6) is -3.60. The van der Waals surface area contributed by atoms with Crippen LogP contribution >= 0.6 is 0 Å². The Morgan fingerprint density at radius 1 is 1.16 bits per heavy atom. The summed E-state index contributed by atoms with van der Waals surface area (Å²) in [5, 5.41) is 16.1. The first-order valence-electron chi connectivity index (χ1n) is 20.1.